The Labute approximate surface area is 129 Å². The summed E-state index contributed by atoms with van der Waals surface area (Å²) in [5, 5.41) is 7.35. The highest BCUT2D eigenvalue weighted by molar-refractivity contribution is 5.79. The van der Waals surface area contributed by atoms with Gasteiger partial charge in [-0.1, -0.05) is 20.3 Å². The van der Waals surface area contributed by atoms with Gasteiger partial charge in [0.05, 0.1) is 38.9 Å². The molecule has 0 heterocycles. The third kappa shape index (κ3) is 14.0. The fourth-order valence-electron chi connectivity index (χ4n) is 1.67. The molecule has 6 heteroatoms. The van der Waals surface area contributed by atoms with E-state index in [2.05, 4.69) is 11.8 Å². The van der Waals surface area contributed by atoms with E-state index in [1.54, 1.807) is 0 Å². The number of likely N-dealkylation sites (N-methyl/N-ethyl adjacent to an activating group) is 1. The van der Waals surface area contributed by atoms with Crippen molar-refractivity contribution in [2.45, 2.75) is 26.7 Å². The zero-order valence-electron chi connectivity index (χ0n) is 13.9. The first-order valence-corrected chi connectivity index (χ1v) is 7.83. The van der Waals surface area contributed by atoms with E-state index in [-0.39, 0.29) is 11.8 Å². The second-order valence-electron chi connectivity index (χ2n) is 5.31. The minimum atomic E-state index is 0.0889. The van der Waals surface area contributed by atoms with Crippen LogP contribution in [0.1, 0.15) is 26.7 Å². The summed E-state index contributed by atoms with van der Waals surface area (Å²) in [5.74, 6) is 0.323. The van der Waals surface area contributed by atoms with Crippen LogP contribution in [0.15, 0.2) is 0 Å². The molecule has 0 fully saturated rings. The molecule has 21 heavy (non-hydrogen) atoms. The predicted octanol–water partition coefficient (Wildman–Crippen LogP) is 1.34. The number of hydrogen-bond acceptors (Lipinski definition) is 5. The highest BCUT2D eigenvalue weighted by atomic mass is 16.5. The van der Waals surface area contributed by atoms with Crippen LogP contribution >= 0.6 is 0 Å². The SMILES string of the molecule is CCCCOCCOCCOCCN(C)CC(C)C(=N)N. The molecule has 1 atom stereocenters. The van der Waals surface area contributed by atoms with Crippen LogP contribution in [0.25, 0.3) is 0 Å². The molecule has 0 aromatic heterocycles. The molecule has 6 nitrogen and oxygen atoms in total. The predicted molar refractivity (Wildman–Crippen MR) is 85.9 cm³/mol. The molecule has 0 rings (SSSR count). The lowest BCUT2D eigenvalue weighted by Gasteiger charge is -2.20. The van der Waals surface area contributed by atoms with Crippen molar-refractivity contribution in [3.05, 3.63) is 0 Å². The molecule has 0 spiro atoms. The summed E-state index contributed by atoms with van der Waals surface area (Å²) in [5.41, 5.74) is 5.44. The minimum absolute atomic E-state index is 0.0889. The van der Waals surface area contributed by atoms with Crippen molar-refractivity contribution >= 4 is 5.84 Å². The number of nitrogens with one attached hydrogen (secondary N) is 1. The zero-order chi connectivity index (χ0) is 15.9. The first kappa shape index (κ1) is 20.3. The van der Waals surface area contributed by atoms with Gasteiger partial charge in [-0.25, -0.2) is 0 Å². The Morgan fingerprint density at radius 1 is 1.05 bits per heavy atom. The molecule has 3 N–H and O–H groups in total. The summed E-state index contributed by atoms with van der Waals surface area (Å²) >= 11 is 0. The smallest absolute Gasteiger partial charge is 0.0947 e. The lowest BCUT2D eigenvalue weighted by Crippen LogP contribution is -2.34. The van der Waals surface area contributed by atoms with Crippen LogP contribution in [-0.2, 0) is 14.2 Å². The fraction of sp³-hybridized carbons (Fsp3) is 0.933. The highest BCUT2D eigenvalue weighted by Crippen LogP contribution is 1.96. The molecule has 0 aliphatic heterocycles. The number of rotatable bonds is 15. The Balaban J connectivity index is 3.23. The van der Waals surface area contributed by atoms with Gasteiger partial charge >= 0.3 is 0 Å². The summed E-state index contributed by atoms with van der Waals surface area (Å²) < 4.78 is 16.3. The molecule has 0 aliphatic rings. The summed E-state index contributed by atoms with van der Waals surface area (Å²) in [6.07, 6.45) is 2.27. The van der Waals surface area contributed by atoms with E-state index in [1.807, 2.05) is 14.0 Å². The van der Waals surface area contributed by atoms with Gasteiger partial charge in [-0.3, -0.25) is 5.41 Å². The largest absolute Gasteiger partial charge is 0.387 e. The number of unbranched alkanes of at least 4 members (excludes halogenated alkanes) is 1. The first-order chi connectivity index (χ1) is 10.1. The van der Waals surface area contributed by atoms with E-state index in [1.165, 1.54) is 0 Å². The number of hydrogen-bond donors (Lipinski definition) is 2. The van der Waals surface area contributed by atoms with Gasteiger partial charge in [0.25, 0.3) is 0 Å². The maximum Gasteiger partial charge on any atom is 0.0947 e. The van der Waals surface area contributed by atoms with Crippen LogP contribution in [0, 0.1) is 11.3 Å². The molecule has 0 saturated heterocycles. The van der Waals surface area contributed by atoms with Crippen molar-refractivity contribution in [1.82, 2.24) is 4.90 Å². The molecule has 0 amide bonds. The Morgan fingerprint density at radius 3 is 2.10 bits per heavy atom. The van der Waals surface area contributed by atoms with E-state index >= 15 is 0 Å². The summed E-state index contributed by atoms with van der Waals surface area (Å²) in [6, 6.07) is 0. The van der Waals surface area contributed by atoms with Crippen molar-refractivity contribution in [1.29, 1.82) is 5.41 Å². The lowest BCUT2D eigenvalue weighted by molar-refractivity contribution is 0.0110. The van der Waals surface area contributed by atoms with Crippen molar-refractivity contribution in [2.75, 3.05) is 59.8 Å². The van der Waals surface area contributed by atoms with Crippen molar-refractivity contribution < 1.29 is 14.2 Å². The third-order valence-corrected chi connectivity index (χ3v) is 3.12. The van der Waals surface area contributed by atoms with Gasteiger partial charge in [0.15, 0.2) is 0 Å². The van der Waals surface area contributed by atoms with Crippen molar-refractivity contribution in [3.63, 3.8) is 0 Å². The minimum Gasteiger partial charge on any atom is -0.387 e. The molecular formula is C15H33N3O3. The van der Waals surface area contributed by atoms with Crippen LogP contribution in [0.5, 0.6) is 0 Å². The van der Waals surface area contributed by atoms with E-state index < -0.39 is 0 Å². The zero-order valence-corrected chi connectivity index (χ0v) is 13.9. The average Bonchev–Trinajstić information content (AvgIpc) is 2.44. The number of amidine groups is 1. The third-order valence-electron chi connectivity index (χ3n) is 3.12. The van der Waals surface area contributed by atoms with Gasteiger partial charge in [-0.05, 0) is 13.5 Å². The quantitative estimate of drug-likeness (QED) is 0.271. The Morgan fingerprint density at radius 2 is 1.57 bits per heavy atom. The molecule has 126 valence electrons. The molecule has 1 unspecified atom stereocenters. The molecule has 0 aliphatic carbocycles. The lowest BCUT2D eigenvalue weighted by atomic mass is 10.1. The van der Waals surface area contributed by atoms with Gasteiger partial charge in [-0.2, -0.15) is 0 Å². The monoisotopic (exact) mass is 303 g/mol. The highest BCUT2D eigenvalue weighted by Gasteiger charge is 2.08. The van der Waals surface area contributed by atoms with E-state index in [0.717, 1.165) is 32.5 Å². The summed E-state index contributed by atoms with van der Waals surface area (Å²) in [6.45, 7) is 9.69. The van der Waals surface area contributed by atoms with Gasteiger partial charge in [-0.15, -0.1) is 0 Å². The van der Waals surface area contributed by atoms with Crippen LogP contribution in [0.2, 0.25) is 0 Å². The normalized spacial score (nSPS) is 12.8. The number of ether oxygens (including phenoxy) is 3. The molecule has 0 aromatic carbocycles. The van der Waals surface area contributed by atoms with E-state index in [4.69, 9.17) is 25.4 Å². The van der Waals surface area contributed by atoms with E-state index in [9.17, 15) is 0 Å². The first-order valence-electron chi connectivity index (χ1n) is 7.83. The Kier molecular flexibility index (Phi) is 13.8. The van der Waals surface area contributed by atoms with Crippen LogP contribution in [0.3, 0.4) is 0 Å². The van der Waals surface area contributed by atoms with Crippen LogP contribution < -0.4 is 5.73 Å². The summed E-state index contributed by atoms with van der Waals surface area (Å²) in [4.78, 5) is 2.12. The summed E-state index contributed by atoms with van der Waals surface area (Å²) in [7, 11) is 2.01. The van der Waals surface area contributed by atoms with Crippen LogP contribution in [-0.4, -0.2) is 70.5 Å². The van der Waals surface area contributed by atoms with Crippen molar-refractivity contribution in [3.8, 4) is 0 Å². The van der Waals surface area contributed by atoms with Crippen LogP contribution in [0.4, 0.5) is 0 Å². The molecule has 0 aromatic rings. The molecule has 0 bridgehead atoms. The maximum absolute atomic E-state index is 7.35. The van der Waals surface area contributed by atoms with Gasteiger partial charge in [0.2, 0.25) is 0 Å². The van der Waals surface area contributed by atoms with E-state index in [0.29, 0.717) is 33.0 Å². The Hall–Kier alpha value is -0.690. The van der Waals surface area contributed by atoms with Gasteiger partial charge in [0.1, 0.15) is 0 Å². The van der Waals surface area contributed by atoms with Gasteiger partial charge in [0, 0.05) is 25.6 Å². The molecular weight excluding hydrogens is 270 g/mol. The average molecular weight is 303 g/mol. The fourth-order valence-corrected chi connectivity index (χ4v) is 1.67. The number of nitrogens with two attached hydrogens (primary N) is 1. The second kappa shape index (κ2) is 14.3. The van der Waals surface area contributed by atoms with Crippen molar-refractivity contribution in [2.24, 2.45) is 11.7 Å². The standard InChI is InChI=1S/C15H33N3O3/c1-4-5-7-19-9-11-21-12-10-20-8-6-18(3)13-14(2)15(16)17/h14H,4-13H2,1-3H3,(H3,16,17). The second-order valence-corrected chi connectivity index (χ2v) is 5.31. The van der Waals surface area contributed by atoms with Gasteiger partial charge < -0.3 is 24.8 Å². The molecule has 0 radical (unpaired) electrons. The maximum atomic E-state index is 7.35. The number of nitrogens with zero attached hydrogens (tertiary/aromatic N) is 1. The molecule has 0 saturated carbocycles. The Bertz CT molecular complexity index is 252. The topological polar surface area (TPSA) is 80.8 Å².